The standard InChI is InChI=1S/C14H17N7O2/c1-19-12-11(13(22)20(2)14(19)23)16-10(17-12)7-21-5-3-4-8-9(21)6-15-18-8/h6H,3-5,7H2,1-2H3,(H,15,18)(H,16,17). The summed E-state index contributed by atoms with van der Waals surface area (Å²) < 4.78 is 2.47. The molecule has 9 heteroatoms. The maximum Gasteiger partial charge on any atom is 0.332 e. The minimum absolute atomic E-state index is 0.356. The van der Waals surface area contributed by atoms with Crippen LogP contribution in [0.4, 0.5) is 5.69 Å². The van der Waals surface area contributed by atoms with E-state index >= 15 is 0 Å². The molecule has 0 spiro atoms. The normalized spacial score (nSPS) is 14.4. The van der Waals surface area contributed by atoms with Crippen molar-refractivity contribution in [2.24, 2.45) is 14.1 Å². The molecule has 0 bridgehead atoms. The van der Waals surface area contributed by atoms with E-state index in [9.17, 15) is 9.59 Å². The molecule has 23 heavy (non-hydrogen) atoms. The summed E-state index contributed by atoms with van der Waals surface area (Å²) >= 11 is 0. The number of aryl methyl sites for hydroxylation is 2. The van der Waals surface area contributed by atoms with Crippen LogP contribution < -0.4 is 16.1 Å². The average molecular weight is 315 g/mol. The van der Waals surface area contributed by atoms with Crippen molar-refractivity contribution in [1.29, 1.82) is 0 Å². The van der Waals surface area contributed by atoms with Gasteiger partial charge in [0.05, 0.1) is 24.1 Å². The number of hydrogen-bond donors (Lipinski definition) is 2. The van der Waals surface area contributed by atoms with E-state index in [4.69, 9.17) is 0 Å². The third-order valence-corrected chi connectivity index (χ3v) is 4.38. The van der Waals surface area contributed by atoms with Crippen LogP contribution in [0.3, 0.4) is 0 Å². The van der Waals surface area contributed by atoms with E-state index in [2.05, 4.69) is 25.1 Å². The van der Waals surface area contributed by atoms with Crippen molar-refractivity contribution < 1.29 is 0 Å². The van der Waals surface area contributed by atoms with Crippen molar-refractivity contribution in [3.05, 3.63) is 38.6 Å². The zero-order valence-electron chi connectivity index (χ0n) is 13.0. The molecule has 4 heterocycles. The lowest BCUT2D eigenvalue weighted by Gasteiger charge is -2.27. The Balaban J connectivity index is 1.78. The van der Waals surface area contributed by atoms with Crippen LogP contribution in [0.1, 0.15) is 17.9 Å². The molecule has 1 aliphatic heterocycles. The molecule has 0 saturated carbocycles. The third kappa shape index (κ3) is 2.00. The molecular weight excluding hydrogens is 298 g/mol. The number of imidazole rings is 1. The number of aromatic nitrogens is 6. The fourth-order valence-corrected chi connectivity index (χ4v) is 3.12. The van der Waals surface area contributed by atoms with Crippen LogP contribution in [0, 0.1) is 0 Å². The molecule has 0 radical (unpaired) electrons. The molecule has 3 aromatic heterocycles. The van der Waals surface area contributed by atoms with E-state index in [-0.39, 0.29) is 11.2 Å². The summed E-state index contributed by atoms with van der Waals surface area (Å²) in [7, 11) is 3.08. The van der Waals surface area contributed by atoms with Gasteiger partial charge in [-0.1, -0.05) is 0 Å². The van der Waals surface area contributed by atoms with Gasteiger partial charge in [-0.05, 0) is 12.8 Å². The summed E-state index contributed by atoms with van der Waals surface area (Å²) in [5.41, 5.74) is 2.20. The highest BCUT2D eigenvalue weighted by Gasteiger charge is 2.21. The summed E-state index contributed by atoms with van der Waals surface area (Å²) in [6.07, 6.45) is 3.84. The minimum Gasteiger partial charge on any atom is -0.361 e. The Morgan fingerprint density at radius 1 is 1.26 bits per heavy atom. The summed E-state index contributed by atoms with van der Waals surface area (Å²) in [5.74, 6) is 0.660. The quantitative estimate of drug-likeness (QED) is 0.672. The monoisotopic (exact) mass is 315 g/mol. The number of rotatable bonds is 2. The molecule has 0 aromatic carbocycles. The molecule has 9 nitrogen and oxygen atoms in total. The number of nitrogens with zero attached hydrogens (tertiary/aromatic N) is 5. The molecule has 0 fully saturated rings. The highest BCUT2D eigenvalue weighted by Crippen LogP contribution is 2.25. The minimum atomic E-state index is -0.379. The molecule has 0 unspecified atom stereocenters. The number of H-pyrrole nitrogens is 2. The van der Waals surface area contributed by atoms with Crippen molar-refractivity contribution in [2.75, 3.05) is 11.4 Å². The molecular formula is C14H17N7O2. The van der Waals surface area contributed by atoms with Crippen LogP contribution in [-0.4, -0.2) is 35.8 Å². The van der Waals surface area contributed by atoms with Gasteiger partial charge in [0.2, 0.25) is 0 Å². The largest absolute Gasteiger partial charge is 0.361 e. The van der Waals surface area contributed by atoms with Gasteiger partial charge >= 0.3 is 5.69 Å². The summed E-state index contributed by atoms with van der Waals surface area (Å²) in [5, 5.41) is 7.11. The van der Waals surface area contributed by atoms with Gasteiger partial charge in [0.25, 0.3) is 5.56 Å². The maximum atomic E-state index is 12.2. The fraction of sp³-hybridized carbons (Fsp3) is 0.429. The summed E-state index contributed by atoms with van der Waals surface area (Å²) in [6.45, 7) is 1.44. The van der Waals surface area contributed by atoms with E-state index in [0.717, 1.165) is 35.3 Å². The van der Waals surface area contributed by atoms with Gasteiger partial charge < -0.3 is 9.88 Å². The fourth-order valence-electron chi connectivity index (χ4n) is 3.12. The molecule has 2 N–H and O–H groups in total. The van der Waals surface area contributed by atoms with Gasteiger partial charge in [-0.2, -0.15) is 5.10 Å². The van der Waals surface area contributed by atoms with Crippen LogP contribution in [0.5, 0.6) is 0 Å². The van der Waals surface area contributed by atoms with Gasteiger partial charge in [-0.15, -0.1) is 0 Å². The average Bonchev–Trinajstić information content (AvgIpc) is 3.18. The second-order valence-corrected chi connectivity index (χ2v) is 5.85. The van der Waals surface area contributed by atoms with Crippen LogP contribution in [-0.2, 0) is 27.1 Å². The zero-order chi connectivity index (χ0) is 16.1. The van der Waals surface area contributed by atoms with Crippen molar-refractivity contribution >= 4 is 16.9 Å². The Bertz CT molecular complexity index is 1010. The first-order valence-electron chi connectivity index (χ1n) is 7.48. The first-order chi connectivity index (χ1) is 11.1. The second-order valence-electron chi connectivity index (χ2n) is 5.85. The molecule has 0 aliphatic carbocycles. The summed E-state index contributed by atoms with van der Waals surface area (Å²) in [6, 6.07) is 0. The Morgan fingerprint density at radius 3 is 2.91 bits per heavy atom. The Labute approximate surface area is 130 Å². The smallest absolute Gasteiger partial charge is 0.332 e. The molecule has 0 amide bonds. The SMILES string of the molecule is Cn1c(=O)c2[nH]c(CN3CCCc4[nH]ncc43)nc2n(C)c1=O. The van der Waals surface area contributed by atoms with Crippen molar-refractivity contribution in [3.63, 3.8) is 0 Å². The van der Waals surface area contributed by atoms with E-state index in [0.29, 0.717) is 23.5 Å². The van der Waals surface area contributed by atoms with Crippen molar-refractivity contribution in [2.45, 2.75) is 19.4 Å². The first kappa shape index (κ1) is 13.8. The van der Waals surface area contributed by atoms with Crippen LogP contribution in [0.25, 0.3) is 11.2 Å². The van der Waals surface area contributed by atoms with E-state index in [1.807, 2.05) is 6.20 Å². The number of hydrogen-bond acceptors (Lipinski definition) is 5. The predicted octanol–water partition coefficient (Wildman–Crippen LogP) is -0.364. The number of aromatic amines is 2. The molecule has 120 valence electrons. The van der Waals surface area contributed by atoms with Gasteiger partial charge in [0.15, 0.2) is 5.65 Å². The molecule has 4 rings (SSSR count). The molecule has 1 aliphatic rings. The van der Waals surface area contributed by atoms with Gasteiger partial charge in [-0.25, -0.2) is 9.78 Å². The van der Waals surface area contributed by atoms with Crippen LogP contribution >= 0.6 is 0 Å². The number of nitrogens with one attached hydrogen (secondary N) is 2. The van der Waals surface area contributed by atoms with E-state index in [1.54, 1.807) is 7.05 Å². The second kappa shape index (κ2) is 4.83. The van der Waals surface area contributed by atoms with E-state index < -0.39 is 0 Å². The lowest BCUT2D eigenvalue weighted by atomic mass is 10.1. The highest BCUT2D eigenvalue weighted by molar-refractivity contribution is 5.69. The molecule has 3 aromatic rings. The molecule has 0 atom stereocenters. The molecule has 0 saturated heterocycles. The van der Waals surface area contributed by atoms with Gasteiger partial charge in [0, 0.05) is 20.6 Å². The zero-order valence-corrected chi connectivity index (χ0v) is 13.0. The topological polar surface area (TPSA) is 105 Å². The van der Waals surface area contributed by atoms with Crippen molar-refractivity contribution in [1.82, 2.24) is 29.3 Å². The van der Waals surface area contributed by atoms with Crippen LogP contribution in [0.2, 0.25) is 0 Å². The summed E-state index contributed by atoms with van der Waals surface area (Å²) in [4.78, 5) is 33.9. The Kier molecular flexibility index (Phi) is 2.90. The lowest BCUT2D eigenvalue weighted by molar-refractivity contribution is 0.670. The van der Waals surface area contributed by atoms with Gasteiger partial charge in [0.1, 0.15) is 11.3 Å². The Hall–Kier alpha value is -2.84. The maximum absolute atomic E-state index is 12.2. The highest BCUT2D eigenvalue weighted by atomic mass is 16.2. The third-order valence-electron chi connectivity index (χ3n) is 4.38. The van der Waals surface area contributed by atoms with Crippen LogP contribution in [0.15, 0.2) is 15.8 Å². The van der Waals surface area contributed by atoms with Crippen molar-refractivity contribution in [3.8, 4) is 0 Å². The number of anilines is 1. The van der Waals surface area contributed by atoms with Gasteiger partial charge in [-0.3, -0.25) is 19.0 Å². The Morgan fingerprint density at radius 2 is 2.09 bits per heavy atom. The lowest BCUT2D eigenvalue weighted by Crippen LogP contribution is -2.36. The number of fused-ring (bicyclic) bond motifs is 2. The van der Waals surface area contributed by atoms with E-state index in [1.165, 1.54) is 11.6 Å². The first-order valence-corrected chi connectivity index (χ1v) is 7.48. The predicted molar refractivity (Wildman–Crippen MR) is 84.5 cm³/mol.